The van der Waals surface area contributed by atoms with Crippen molar-refractivity contribution in [2.24, 2.45) is 0 Å². The number of aromatic nitrogens is 6. The van der Waals surface area contributed by atoms with Crippen LogP contribution in [0.5, 0.6) is 0 Å². The molecule has 1 aromatic carbocycles. The standard InChI is InChI=1S/C22H15F4N7O/c23-13-1-4-17(28-11-13)21(6-7-21)20(34)29-14-2-3-15(16(10-14)19-30-32-33-31-19)12-5-8-27-18(9-12)22(24,25)26/h1-5,8-11H,6-7H2,(H,29,34)(H,30,31,32,33). The van der Waals surface area contributed by atoms with Crippen LogP contribution in [0.25, 0.3) is 22.5 Å². The lowest BCUT2D eigenvalue weighted by atomic mass is 9.97. The molecule has 1 aliphatic rings. The Morgan fingerprint density at radius 3 is 2.50 bits per heavy atom. The summed E-state index contributed by atoms with van der Waals surface area (Å²) in [5.74, 6) is -0.676. The molecule has 2 N–H and O–H groups in total. The van der Waals surface area contributed by atoms with E-state index in [0.717, 1.165) is 18.5 Å². The molecule has 172 valence electrons. The summed E-state index contributed by atoms with van der Waals surface area (Å²) in [6, 6.07) is 9.79. The topological polar surface area (TPSA) is 109 Å². The molecular formula is C22H15F4N7O. The van der Waals surface area contributed by atoms with Crippen molar-refractivity contribution >= 4 is 11.6 Å². The molecule has 12 heteroatoms. The van der Waals surface area contributed by atoms with E-state index in [2.05, 4.69) is 35.9 Å². The Kier molecular flexibility index (Phi) is 5.07. The van der Waals surface area contributed by atoms with E-state index in [1.807, 2.05) is 0 Å². The van der Waals surface area contributed by atoms with Crippen LogP contribution in [0.2, 0.25) is 0 Å². The summed E-state index contributed by atoms with van der Waals surface area (Å²) in [7, 11) is 0. The molecule has 34 heavy (non-hydrogen) atoms. The first-order valence-electron chi connectivity index (χ1n) is 10.1. The molecule has 8 nitrogen and oxygen atoms in total. The number of rotatable bonds is 5. The van der Waals surface area contributed by atoms with Gasteiger partial charge in [-0.15, -0.1) is 10.2 Å². The molecule has 0 radical (unpaired) electrons. The van der Waals surface area contributed by atoms with Crippen LogP contribution in [0.3, 0.4) is 0 Å². The Hall–Kier alpha value is -4.22. The maximum absolute atomic E-state index is 13.2. The van der Waals surface area contributed by atoms with Crippen LogP contribution in [0.15, 0.2) is 54.9 Å². The van der Waals surface area contributed by atoms with Gasteiger partial charge >= 0.3 is 6.18 Å². The normalized spacial score (nSPS) is 14.6. The zero-order chi connectivity index (χ0) is 23.9. The average Bonchev–Trinajstić information content (AvgIpc) is 3.45. The summed E-state index contributed by atoms with van der Waals surface area (Å²) in [4.78, 5) is 20.5. The highest BCUT2D eigenvalue weighted by atomic mass is 19.4. The Bertz CT molecular complexity index is 1350. The number of aromatic amines is 1. The molecule has 0 unspecified atom stereocenters. The molecule has 0 aliphatic heterocycles. The van der Waals surface area contributed by atoms with Crippen molar-refractivity contribution in [2.75, 3.05) is 5.32 Å². The third-order valence-corrected chi connectivity index (χ3v) is 5.63. The van der Waals surface area contributed by atoms with Crippen molar-refractivity contribution in [3.8, 4) is 22.5 Å². The fraction of sp³-hybridized carbons (Fsp3) is 0.182. The Morgan fingerprint density at radius 1 is 1.03 bits per heavy atom. The quantitative estimate of drug-likeness (QED) is 0.425. The summed E-state index contributed by atoms with van der Waals surface area (Å²) < 4.78 is 52.7. The van der Waals surface area contributed by atoms with Crippen LogP contribution in [0.1, 0.15) is 24.2 Å². The third-order valence-electron chi connectivity index (χ3n) is 5.63. The number of hydrogen-bond donors (Lipinski definition) is 2. The van der Waals surface area contributed by atoms with Gasteiger partial charge in [-0.2, -0.15) is 18.4 Å². The van der Waals surface area contributed by atoms with Crippen molar-refractivity contribution in [2.45, 2.75) is 24.4 Å². The third kappa shape index (κ3) is 3.98. The Labute approximate surface area is 189 Å². The van der Waals surface area contributed by atoms with Gasteiger partial charge in [0.25, 0.3) is 0 Å². The molecule has 1 aliphatic carbocycles. The predicted molar refractivity (Wildman–Crippen MR) is 112 cm³/mol. The van der Waals surface area contributed by atoms with Gasteiger partial charge in [0.1, 0.15) is 11.5 Å². The van der Waals surface area contributed by atoms with Crippen LogP contribution < -0.4 is 5.32 Å². The lowest BCUT2D eigenvalue weighted by molar-refractivity contribution is -0.141. The molecular weight excluding hydrogens is 454 g/mol. The van der Waals surface area contributed by atoms with Crippen molar-refractivity contribution in [3.63, 3.8) is 0 Å². The highest BCUT2D eigenvalue weighted by Crippen LogP contribution is 2.48. The van der Waals surface area contributed by atoms with Crippen molar-refractivity contribution < 1.29 is 22.4 Å². The number of hydrogen-bond acceptors (Lipinski definition) is 6. The molecule has 0 bridgehead atoms. The first-order valence-corrected chi connectivity index (χ1v) is 10.1. The predicted octanol–water partition coefficient (Wildman–Crippen LogP) is 4.15. The van der Waals surface area contributed by atoms with E-state index >= 15 is 0 Å². The number of benzene rings is 1. The van der Waals surface area contributed by atoms with Gasteiger partial charge in [-0.25, -0.2) is 4.39 Å². The average molecular weight is 469 g/mol. The molecule has 5 rings (SSSR count). The molecule has 1 fully saturated rings. The second-order valence-electron chi connectivity index (χ2n) is 7.82. The minimum atomic E-state index is -4.61. The van der Waals surface area contributed by atoms with Crippen LogP contribution in [-0.2, 0) is 16.4 Å². The first kappa shape index (κ1) is 21.6. The minimum Gasteiger partial charge on any atom is -0.325 e. The Balaban J connectivity index is 1.49. The van der Waals surface area contributed by atoms with E-state index in [4.69, 9.17) is 0 Å². The maximum atomic E-state index is 13.2. The van der Waals surface area contributed by atoms with E-state index in [0.29, 0.717) is 35.3 Å². The number of amides is 1. The number of H-pyrrole nitrogens is 1. The smallest absolute Gasteiger partial charge is 0.325 e. The van der Waals surface area contributed by atoms with Crippen molar-refractivity contribution in [3.05, 3.63) is 72.1 Å². The number of alkyl halides is 3. The largest absolute Gasteiger partial charge is 0.433 e. The molecule has 1 saturated carbocycles. The lowest BCUT2D eigenvalue weighted by Crippen LogP contribution is -2.28. The molecule has 3 heterocycles. The molecule has 1 amide bonds. The van der Waals surface area contributed by atoms with Gasteiger partial charge in [0.2, 0.25) is 11.7 Å². The van der Waals surface area contributed by atoms with Gasteiger partial charge < -0.3 is 5.32 Å². The zero-order valence-corrected chi connectivity index (χ0v) is 17.3. The highest BCUT2D eigenvalue weighted by molar-refractivity contribution is 6.02. The monoisotopic (exact) mass is 469 g/mol. The number of halogens is 4. The van der Waals surface area contributed by atoms with Gasteiger partial charge in [-0.1, -0.05) is 6.07 Å². The molecule has 3 aromatic heterocycles. The molecule has 0 saturated heterocycles. The molecule has 4 aromatic rings. The fourth-order valence-corrected chi connectivity index (χ4v) is 3.72. The number of tetrazole rings is 1. The number of anilines is 1. The first-order chi connectivity index (χ1) is 16.3. The number of carbonyl (C=O) groups is 1. The number of nitrogens with zero attached hydrogens (tertiary/aromatic N) is 5. The summed E-state index contributed by atoms with van der Waals surface area (Å²) in [6.07, 6.45) is -1.35. The summed E-state index contributed by atoms with van der Waals surface area (Å²) in [6.45, 7) is 0. The number of carbonyl (C=O) groups excluding carboxylic acids is 1. The van der Waals surface area contributed by atoms with E-state index in [1.165, 1.54) is 18.2 Å². The summed E-state index contributed by atoms with van der Waals surface area (Å²) in [5, 5.41) is 16.5. The van der Waals surface area contributed by atoms with E-state index in [1.54, 1.807) is 18.2 Å². The highest BCUT2D eigenvalue weighted by Gasteiger charge is 2.52. The number of pyridine rings is 2. The second kappa shape index (κ2) is 7.97. The Morgan fingerprint density at radius 2 is 1.85 bits per heavy atom. The summed E-state index contributed by atoms with van der Waals surface area (Å²) in [5.41, 5.74) is -0.0435. The van der Waals surface area contributed by atoms with Gasteiger partial charge in [0, 0.05) is 17.4 Å². The van der Waals surface area contributed by atoms with Crippen molar-refractivity contribution in [1.29, 1.82) is 0 Å². The van der Waals surface area contributed by atoms with Crippen LogP contribution in [0.4, 0.5) is 23.2 Å². The lowest BCUT2D eigenvalue weighted by Gasteiger charge is -2.16. The summed E-state index contributed by atoms with van der Waals surface area (Å²) >= 11 is 0. The molecule has 0 spiro atoms. The van der Waals surface area contributed by atoms with Gasteiger partial charge in [-0.05, 0) is 65.6 Å². The zero-order valence-electron chi connectivity index (χ0n) is 17.3. The van der Waals surface area contributed by atoms with E-state index in [-0.39, 0.29) is 17.3 Å². The van der Waals surface area contributed by atoms with E-state index < -0.39 is 23.1 Å². The van der Waals surface area contributed by atoms with Crippen molar-refractivity contribution in [1.82, 2.24) is 30.6 Å². The second-order valence-corrected chi connectivity index (χ2v) is 7.82. The van der Waals surface area contributed by atoms with Crippen LogP contribution in [-0.4, -0.2) is 36.5 Å². The minimum absolute atomic E-state index is 0.137. The number of nitrogens with one attached hydrogen (secondary N) is 2. The molecule has 0 atom stereocenters. The maximum Gasteiger partial charge on any atom is 0.433 e. The van der Waals surface area contributed by atoms with Gasteiger partial charge in [-0.3, -0.25) is 14.8 Å². The van der Waals surface area contributed by atoms with Gasteiger partial charge in [0.15, 0.2) is 0 Å². The fourth-order valence-electron chi connectivity index (χ4n) is 3.72. The van der Waals surface area contributed by atoms with Gasteiger partial charge in [0.05, 0.1) is 17.3 Å². The van der Waals surface area contributed by atoms with Crippen LogP contribution in [0, 0.1) is 5.82 Å². The SMILES string of the molecule is O=C(Nc1ccc(-c2ccnc(C(F)(F)F)c2)c(-c2nn[nH]n2)c1)C1(c2ccc(F)cn2)CC1. The van der Waals surface area contributed by atoms with E-state index in [9.17, 15) is 22.4 Å². The van der Waals surface area contributed by atoms with Crippen LogP contribution >= 0.6 is 0 Å².